The first-order chi connectivity index (χ1) is 13.8. The maximum Gasteiger partial charge on any atom is 0.224 e. The minimum atomic E-state index is 0.0389. The molecule has 2 aliphatic heterocycles. The number of hydrogen-bond donors (Lipinski definition) is 1. The van der Waals surface area contributed by atoms with Crippen molar-refractivity contribution in [3.63, 3.8) is 0 Å². The molecule has 2 fully saturated rings. The van der Waals surface area contributed by atoms with Crippen molar-refractivity contribution >= 4 is 11.8 Å². The van der Waals surface area contributed by atoms with Crippen LogP contribution in [-0.4, -0.2) is 58.8 Å². The fraction of sp³-hybridized carbons (Fsp3) is 0.696. The molecule has 0 unspecified atom stereocenters. The Morgan fingerprint density at radius 2 is 1.93 bits per heavy atom. The molecule has 1 N–H and O–H groups in total. The summed E-state index contributed by atoms with van der Waals surface area (Å²) in [5.74, 6) is 0.486. The summed E-state index contributed by atoms with van der Waals surface area (Å²) in [6.45, 7) is 10.5. The number of nitrogens with one attached hydrogen (secondary N) is 1. The van der Waals surface area contributed by atoms with Gasteiger partial charge in [-0.3, -0.25) is 19.5 Å². The molecule has 1 aromatic rings. The van der Waals surface area contributed by atoms with Gasteiger partial charge in [0, 0.05) is 51.0 Å². The molecule has 0 spiro atoms. The van der Waals surface area contributed by atoms with Crippen LogP contribution >= 0.6 is 0 Å². The standard InChI is InChI=1S/C23H36N4O2/c1-23(2,3)14-21(28)26-12-8-20(9-13-26)27-11-5-7-19(17-27)22(29)25-16-18-6-4-10-24-15-18/h4,6,10,15,19-20H,5,7-9,11-14,16-17H2,1-3H3,(H,25,29)/t19-/m0/s1. The van der Waals surface area contributed by atoms with E-state index in [2.05, 4.69) is 36.0 Å². The molecule has 6 nitrogen and oxygen atoms in total. The van der Waals surface area contributed by atoms with Crippen LogP contribution in [0.5, 0.6) is 0 Å². The highest BCUT2D eigenvalue weighted by molar-refractivity contribution is 5.79. The zero-order valence-corrected chi connectivity index (χ0v) is 18.2. The third-order valence-electron chi connectivity index (χ3n) is 6.03. The summed E-state index contributed by atoms with van der Waals surface area (Å²) in [6, 6.07) is 4.36. The average molecular weight is 401 g/mol. The molecule has 0 aliphatic carbocycles. The number of hydrogen-bond acceptors (Lipinski definition) is 4. The molecule has 0 bridgehead atoms. The Labute approximate surface area is 175 Å². The lowest BCUT2D eigenvalue weighted by molar-refractivity contribution is -0.134. The van der Waals surface area contributed by atoms with Crippen molar-refractivity contribution in [1.29, 1.82) is 0 Å². The highest BCUT2D eigenvalue weighted by Gasteiger charge is 2.33. The van der Waals surface area contributed by atoms with Crippen molar-refractivity contribution in [3.05, 3.63) is 30.1 Å². The van der Waals surface area contributed by atoms with E-state index in [9.17, 15) is 9.59 Å². The van der Waals surface area contributed by atoms with Crippen LogP contribution in [0.2, 0.25) is 0 Å². The third-order valence-corrected chi connectivity index (χ3v) is 6.03. The predicted molar refractivity (Wildman–Crippen MR) is 114 cm³/mol. The largest absolute Gasteiger partial charge is 0.352 e. The molecule has 6 heteroatoms. The Morgan fingerprint density at radius 3 is 2.59 bits per heavy atom. The van der Waals surface area contributed by atoms with E-state index in [-0.39, 0.29) is 23.1 Å². The Kier molecular flexibility index (Phi) is 7.28. The van der Waals surface area contributed by atoms with Gasteiger partial charge in [0.2, 0.25) is 11.8 Å². The lowest BCUT2D eigenvalue weighted by Crippen LogP contribution is -2.51. The highest BCUT2D eigenvalue weighted by atomic mass is 16.2. The summed E-state index contributed by atoms with van der Waals surface area (Å²) in [7, 11) is 0. The Hall–Kier alpha value is -1.95. The Balaban J connectivity index is 1.45. The average Bonchev–Trinajstić information content (AvgIpc) is 2.72. The smallest absolute Gasteiger partial charge is 0.224 e. The van der Waals surface area contributed by atoms with Crippen LogP contribution in [-0.2, 0) is 16.1 Å². The molecule has 0 radical (unpaired) electrons. The van der Waals surface area contributed by atoms with Crippen molar-refractivity contribution in [2.45, 2.75) is 65.5 Å². The first kappa shape index (κ1) is 21.8. The monoisotopic (exact) mass is 400 g/mol. The Bertz CT molecular complexity index is 678. The predicted octanol–water partition coefficient (Wildman–Crippen LogP) is 2.84. The summed E-state index contributed by atoms with van der Waals surface area (Å²) in [5, 5.41) is 3.08. The first-order valence-electron chi connectivity index (χ1n) is 11.0. The second-order valence-corrected chi connectivity index (χ2v) is 9.76. The van der Waals surface area contributed by atoms with Gasteiger partial charge in [0.25, 0.3) is 0 Å². The molecule has 3 heterocycles. The Morgan fingerprint density at radius 1 is 1.17 bits per heavy atom. The van der Waals surface area contributed by atoms with Crippen LogP contribution < -0.4 is 5.32 Å². The lowest BCUT2D eigenvalue weighted by Gasteiger charge is -2.42. The van der Waals surface area contributed by atoms with Crippen LogP contribution in [0.25, 0.3) is 0 Å². The fourth-order valence-electron chi connectivity index (χ4n) is 4.43. The van der Waals surface area contributed by atoms with E-state index in [1.807, 2.05) is 17.0 Å². The van der Waals surface area contributed by atoms with E-state index in [0.29, 0.717) is 19.0 Å². The van der Waals surface area contributed by atoms with Gasteiger partial charge >= 0.3 is 0 Å². The van der Waals surface area contributed by atoms with E-state index in [1.54, 1.807) is 12.4 Å². The molecule has 1 atom stereocenters. The van der Waals surface area contributed by atoms with Gasteiger partial charge in [0.1, 0.15) is 0 Å². The normalized spacial score (nSPS) is 21.8. The summed E-state index contributed by atoms with van der Waals surface area (Å²) < 4.78 is 0. The highest BCUT2D eigenvalue weighted by Crippen LogP contribution is 2.26. The molecule has 0 saturated carbocycles. The molecule has 29 heavy (non-hydrogen) atoms. The topological polar surface area (TPSA) is 65.5 Å². The molecule has 3 rings (SSSR count). The fourth-order valence-corrected chi connectivity index (χ4v) is 4.43. The van der Waals surface area contributed by atoms with Crippen LogP contribution in [0.3, 0.4) is 0 Å². The van der Waals surface area contributed by atoms with E-state index in [4.69, 9.17) is 0 Å². The maximum absolute atomic E-state index is 12.7. The zero-order valence-electron chi connectivity index (χ0n) is 18.2. The van der Waals surface area contributed by atoms with E-state index in [0.717, 1.165) is 57.4 Å². The molecule has 2 amide bonds. The van der Waals surface area contributed by atoms with Crippen molar-refractivity contribution in [2.75, 3.05) is 26.2 Å². The summed E-state index contributed by atoms with van der Waals surface area (Å²) in [5.41, 5.74) is 1.07. The van der Waals surface area contributed by atoms with Gasteiger partial charge in [-0.2, -0.15) is 0 Å². The second kappa shape index (κ2) is 9.70. The van der Waals surface area contributed by atoms with Gasteiger partial charge < -0.3 is 10.2 Å². The van der Waals surface area contributed by atoms with E-state index in [1.165, 1.54) is 0 Å². The van der Waals surface area contributed by atoms with Gasteiger partial charge in [-0.15, -0.1) is 0 Å². The number of pyridine rings is 1. The first-order valence-corrected chi connectivity index (χ1v) is 11.0. The van der Waals surface area contributed by atoms with Crippen molar-refractivity contribution < 1.29 is 9.59 Å². The summed E-state index contributed by atoms with van der Waals surface area (Å²) >= 11 is 0. The molecule has 2 saturated heterocycles. The van der Waals surface area contributed by atoms with Gasteiger partial charge in [-0.1, -0.05) is 26.8 Å². The zero-order chi connectivity index (χ0) is 20.9. The number of rotatable bonds is 5. The van der Waals surface area contributed by atoms with E-state index >= 15 is 0 Å². The number of nitrogens with zero attached hydrogens (tertiary/aromatic N) is 3. The van der Waals surface area contributed by atoms with Crippen molar-refractivity contribution in [3.8, 4) is 0 Å². The number of piperidine rings is 2. The van der Waals surface area contributed by atoms with Crippen LogP contribution in [0.4, 0.5) is 0 Å². The van der Waals surface area contributed by atoms with Gasteiger partial charge in [-0.25, -0.2) is 0 Å². The maximum atomic E-state index is 12.7. The molecule has 0 aromatic carbocycles. The lowest BCUT2D eigenvalue weighted by atomic mass is 9.90. The molecular weight excluding hydrogens is 364 g/mol. The second-order valence-electron chi connectivity index (χ2n) is 9.76. The number of carbonyl (C=O) groups is 2. The summed E-state index contributed by atoms with van der Waals surface area (Å²) in [4.78, 5) is 33.8. The van der Waals surface area contributed by atoms with Crippen LogP contribution in [0.1, 0.15) is 58.4 Å². The molecule has 1 aromatic heterocycles. The number of carbonyl (C=O) groups excluding carboxylic acids is 2. The molecule has 160 valence electrons. The van der Waals surface area contributed by atoms with Gasteiger partial charge in [0.05, 0.1) is 5.92 Å². The van der Waals surface area contributed by atoms with Crippen LogP contribution in [0, 0.1) is 11.3 Å². The van der Waals surface area contributed by atoms with E-state index < -0.39 is 0 Å². The van der Waals surface area contributed by atoms with Crippen molar-refractivity contribution in [2.24, 2.45) is 11.3 Å². The third kappa shape index (κ3) is 6.53. The number of aromatic nitrogens is 1. The SMILES string of the molecule is CC(C)(C)CC(=O)N1CCC(N2CCC[C@H](C(=O)NCc3cccnc3)C2)CC1. The number of amides is 2. The van der Waals surface area contributed by atoms with Crippen molar-refractivity contribution in [1.82, 2.24) is 20.1 Å². The van der Waals surface area contributed by atoms with Crippen LogP contribution in [0.15, 0.2) is 24.5 Å². The molecular formula is C23H36N4O2. The van der Waals surface area contributed by atoms with Gasteiger partial charge in [-0.05, 0) is 49.3 Å². The summed E-state index contributed by atoms with van der Waals surface area (Å²) in [6.07, 6.45) is 8.20. The minimum absolute atomic E-state index is 0.0389. The molecule has 2 aliphatic rings. The minimum Gasteiger partial charge on any atom is -0.352 e. The quantitative estimate of drug-likeness (QED) is 0.825. The number of likely N-dealkylation sites (tertiary alicyclic amines) is 2. The van der Waals surface area contributed by atoms with Gasteiger partial charge in [0.15, 0.2) is 0 Å².